The van der Waals surface area contributed by atoms with Crippen LogP contribution in [0, 0.1) is 0 Å². The van der Waals surface area contributed by atoms with Gasteiger partial charge in [-0.25, -0.2) is 0 Å². The van der Waals surface area contributed by atoms with Crippen LogP contribution in [0.5, 0.6) is 11.5 Å². The molecule has 0 bridgehead atoms. The van der Waals surface area contributed by atoms with Gasteiger partial charge < -0.3 is 20.0 Å². The van der Waals surface area contributed by atoms with Crippen LogP contribution in [0.4, 0.5) is 11.4 Å². The van der Waals surface area contributed by atoms with Crippen molar-refractivity contribution in [2.24, 2.45) is 0 Å². The first-order valence-electron chi connectivity index (χ1n) is 14.6. The first-order valence-corrected chi connectivity index (χ1v) is 14.6. The summed E-state index contributed by atoms with van der Waals surface area (Å²) in [5.74, 6) is -0.331. The minimum absolute atomic E-state index is 0. The topological polar surface area (TPSA) is 81.1 Å². The molecule has 2 heterocycles. The number of carbonyl (C=O) groups is 2. The summed E-state index contributed by atoms with van der Waals surface area (Å²) >= 11 is 0. The summed E-state index contributed by atoms with van der Waals surface area (Å²) in [5, 5.41) is 19.7. The van der Waals surface area contributed by atoms with Crippen molar-refractivity contribution in [1.82, 2.24) is 0 Å². The molecule has 2 N–H and O–H groups in total. The van der Waals surface area contributed by atoms with Gasteiger partial charge in [-0.1, -0.05) is 88.4 Å². The van der Waals surface area contributed by atoms with Gasteiger partial charge in [-0.15, -0.1) is 0 Å². The Balaban J connectivity index is 0.000000200. The molecule has 0 atom stereocenters. The fourth-order valence-electron chi connectivity index (χ4n) is 6.29. The van der Waals surface area contributed by atoms with E-state index in [1.807, 2.05) is 48.2 Å². The predicted octanol–water partition coefficient (Wildman–Crippen LogP) is 7.77. The Hall–Kier alpha value is -4.58. The van der Waals surface area contributed by atoms with Crippen molar-refractivity contribution < 1.29 is 36.9 Å². The van der Waals surface area contributed by atoms with Gasteiger partial charge in [0.2, 0.25) is 0 Å². The van der Waals surface area contributed by atoms with Crippen molar-refractivity contribution in [2.45, 2.75) is 38.5 Å². The summed E-state index contributed by atoms with van der Waals surface area (Å²) in [6.07, 6.45) is 3.27. The number of nitrogens with zero attached hydrogens (tertiary/aromatic N) is 2. The molecule has 6 rings (SSSR count). The molecule has 235 valence electrons. The molecule has 0 saturated heterocycles. The zero-order chi connectivity index (χ0) is 31.8. The van der Waals surface area contributed by atoms with E-state index in [1.165, 1.54) is 23.3 Å². The zero-order valence-electron chi connectivity index (χ0n) is 26.3. The number of para-hydroxylation sites is 4. The first-order chi connectivity index (χ1) is 20.9. The maximum Gasteiger partial charge on any atom is 0.191 e. The van der Waals surface area contributed by atoms with Crippen molar-refractivity contribution in [3.05, 3.63) is 143 Å². The number of phenolic OH excluding ortho intramolecular Hbond substituents is 2. The number of rotatable bonds is 4. The second kappa shape index (κ2) is 12.8. The summed E-state index contributed by atoms with van der Waals surface area (Å²) in [4.78, 5) is 29.2. The summed E-state index contributed by atoms with van der Waals surface area (Å²) in [5.41, 5.74) is 6.67. The summed E-state index contributed by atoms with van der Waals surface area (Å²) < 4.78 is 0. The molecule has 0 aliphatic carbocycles. The van der Waals surface area contributed by atoms with E-state index >= 15 is 0 Å². The standard InChI is InChI=1S/2C19H19NO2.Cu/c2*1-19(2)14-9-5-6-10-15(14)20(3)18(19)12-17(22)13-8-4-7-11-16(13)21;/h2*4-12,21H,1-3H3;/b2*18-12-;. The number of hydrogen-bond acceptors (Lipinski definition) is 6. The molecule has 4 aromatic rings. The Kier molecular flexibility index (Phi) is 9.48. The molecule has 1 radical (unpaired) electrons. The fourth-order valence-corrected chi connectivity index (χ4v) is 6.29. The van der Waals surface area contributed by atoms with Crippen LogP contribution in [0.3, 0.4) is 0 Å². The Labute approximate surface area is 275 Å². The van der Waals surface area contributed by atoms with E-state index in [0.29, 0.717) is 11.1 Å². The van der Waals surface area contributed by atoms with E-state index < -0.39 is 0 Å². The van der Waals surface area contributed by atoms with E-state index in [4.69, 9.17) is 0 Å². The second-order valence-corrected chi connectivity index (χ2v) is 12.2. The number of allylic oxidation sites excluding steroid dienone is 4. The van der Waals surface area contributed by atoms with Gasteiger partial charge in [-0.2, -0.15) is 0 Å². The molecule has 0 spiro atoms. The molecule has 7 heteroatoms. The third-order valence-electron chi connectivity index (χ3n) is 8.76. The Morgan fingerprint density at radius 2 is 0.867 bits per heavy atom. The summed E-state index contributed by atoms with van der Waals surface area (Å²) in [7, 11) is 3.94. The normalized spacial score (nSPS) is 17.2. The van der Waals surface area contributed by atoms with E-state index in [0.717, 1.165) is 22.8 Å². The van der Waals surface area contributed by atoms with Gasteiger partial charge in [-0.05, 0) is 47.5 Å². The van der Waals surface area contributed by atoms with Crippen molar-refractivity contribution in [2.75, 3.05) is 23.9 Å². The van der Waals surface area contributed by atoms with Gasteiger partial charge in [0.1, 0.15) is 11.5 Å². The number of likely N-dealkylation sites (N-methyl/N-ethyl adjacent to an activating group) is 2. The van der Waals surface area contributed by atoms with Gasteiger partial charge in [0.25, 0.3) is 0 Å². The third-order valence-corrected chi connectivity index (χ3v) is 8.76. The number of ketones is 2. The molecule has 45 heavy (non-hydrogen) atoms. The van der Waals surface area contributed by atoms with Gasteiger partial charge in [0.05, 0.1) is 11.1 Å². The molecular weight excluding hydrogens is 612 g/mol. The number of carbonyl (C=O) groups excluding carboxylic acids is 2. The molecule has 2 aliphatic rings. The van der Waals surface area contributed by atoms with Crippen LogP contribution in [0.15, 0.2) is 121 Å². The molecule has 0 aromatic heterocycles. The van der Waals surface area contributed by atoms with Crippen molar-refractivity contribution in [1.29, 1.82) is 0 Å². The SMILES string of the molecule is CN1/C(=C\C(=O)c2ccccc2O)C(C)(C)c2ccccc21.CN1/C(=C\C(=O)c2ccccc2O)C(C)(C)c2ccccc21.[Cu]. The van der Waals surface area contributed by atoms with Crippen LogP contribution in [-0.4, -0.2) is 35.9 Å². The molecule has 4 aromatic carbocycles. The number of aromatic hydroxyl groups is 2. The van der Waals surface area contributed by atoms with Crippen LogP contribution < -0.4 is 9.80 Å². The summed E-state index contributed by atoms with van der Waals surface area (Å²) in [6.45, 7) is 8.44. The maximum atomic E-state index is 12.5. The number of hydrogen-bond donors (Lipinski definition) is 2. The third kappa shape index (κ3) is 6.06. The van der Waals surface area contributed by atoms with Gasteiger partial charge in [0.15, 0.2) is 11.6 Å². The molecule has 0 amide bonds. The Morgan fingerprint density at radius 1 is 0.556 bits per heavy atom. The number of phenols is 2. The number of anilines is 2. The van der Waals surface area contributed by atoms with Gasteiger partial charge in [0, 0.05) is 76.9 Å². The molecule has 0 fully saturated rings. The molecule has 2 aliphatic heterocycles. The van der Waals surface area contributed by atoms with Gasteiger partial charge in [-0.3, -0.25) is 9.59 Å². The first kappa shape index (κ1) is 33.3. The number of benzene rings is 4. The van der Waals surface area contributed by atoms with Crippen LogP contribution in [0.2, 0.25) is 0 Å². The quantitative estimate of drug-likeness (QED) is 0.134. The molecular formula is C38H38CuN2O4. The van der Waals surface area contributed by atoms with Crippen LogP contribution in [0.25, 0.3) is 0 Å². The van der Waals surface area contributed by atoms with E-state index in [1.54, 1.807) is 48.6 Å². The van der Waals surface area contributed by atoms with Crippen molar-refractivity contribution >= 4 is 22.9 Å². The average molecular weight is 650 g/mol. The summed E-state index contributed by atoms with van der Waals surface area (Å²) in [6, 6.07) is 29.6. The average Bonchev–Trinajstić information content (AvgIpc) is 3.32. The molecule has 6 nitrogen and oxygen atoms in total. The maximum absolute atomic E-state index is 12.5. The van der Waals surface area contributed by atoms with Crippen LogP contribution in [0.1, 0.15) is 59.5 Å². The van der Waals surface area contributed by atoms with E-state index in [9.17, 15) is 19.8 Å². The van der Waals surface area contributed by atoms with Crippen molar-refractivity contribution in [3.8, 4) is 11.5 Å². The minimum Gasteiger partial charge on any atom is -0.507 e. The van der Waals surface area contributed by atoms with E-state index in [2.05, 4.69) is 52.0 Å². The minimum atomic E-state index is -0.245. The molecule has 0 unspecified atom stereocenters. The Bertz CT molecular complexity index is 1690. The number of fused-ring (bicyclic) bond motifs is 2. The second-order valence-electron chi connectivity index (χ2n) is 12.2. The van der Waals surface area contributed by atoms with Crippen LogP contribution in [-0.2, 0) is 27.9 Å². The monoisotopic (exact) mass is 649 g/mol. The largest absolute Gasteiger partial charge is 0.507 e. The van der Waals surface area contributed by atoms with Crippen molar-refractivity contribution in [3.63, 3.8) is 0 Å². The Morgan fingerprint density at radius 3 is 1.20 bits per heavy atom. The molecule has 0 saturated carbocycles. The zero-order valence-corrected chi connectivity index (χ0v) is 27.2. The van der Waals surface area contributed by atoms with Crippen LogP contribution >= 0.6 is 0 Å². The predicted molar refractivity (Wildman–Crippen MR) is 177 cm³/mol. The van der Waals surface area contributed by atoms with Gasteiger partial charge >= 0.3 is 0 Å². The fraction of sp³-hybridized carbons (Fsp3) is 0.211. The smallest absolute Gasteiger partial charge is 0.191 e. The van der Waals surface area contributed by atoms with E-state index in [-0.39, 0.29) is 51.0 Å².